The van der Waals surface area contributed by atoms with Crippen LogP contribution in [0.5, 0.6) is 0 Å². The number of hydrogen-bond acceptors (Lipinski definition) is 3. The maximum absolute atomic E-state index is 11.8. The Morgan fingerprint density at radius 1 is 1.37 bits per heavy atom. The quantitative estimate of drug-likeness (QED) is 0.884. The summed E-state index contributed by atoms with van der Waals surface area (Å²) in [6, 6.07) is 3.66. The van der Waals surface area contributed by atoms with Gasteiger partial charge in [0.25, 0.3) is 0 Å². The van der Waals surface area contributed by atoms with Gasteiger partial charge in [0.1, 0.15) is 11.6 Å². The van der Waals surface area contributed by atoms with Crippen molar-refractivity contribution in [3.8, 4) is 5.82 Å². The number of carbonyl (C=O) groups excluding carboxylic acids is 1. The third-order valence-corrected chi connectivity index (χ3v) is 2.98. The zero-order chi connectivity index (χ0) is 14.0. The molecular formula is C13H15BrN4O. The molecule has 0 bridgehead atoms. The highest BCUT2D eigenvalue weighted by Crippen LogP contribution is 2.19. The lowest BCUT2D eigenvalue weighted by Crippen LogP contribution is -2.30. The van der Waals surface area contributed by atoms with Gasteiger partial charge in [0.2, 0.25) is 5.91 Å². The van der Waals surface area contributed by atoms with E-state index in [-0.39, 0.29) is 5.91 Å². The Bertz CT molecular complexity index is 583. The van der Waals surface area contributed by atoms with Crippen LogP contribution < -0.4 is 5.32 Å². The SMILES string of the molecule is Cc1nccn1-c1ccc(NC(=O)C(C)(C)Br)cn1. The van der Waals surface area contributed by atoms with Crippen molar-refractivity contribution in [3.63, 3.8) is 0 Å². The highest BCUT2D eigenvalue weighted by Gasteiger charge is 2.23. The fraction of sp³-hybridized carbons (Fsp3) is 0.308. The average molecular weight is 323 g/mol. The molecule has 0 aromatic carbocycles. The van der Waals surface area contributed by atoms with Gasteiger partial charge >= 0.3 is 0 Å². The number of nitrogens with zero attached hydrogens (tertiary/aromatic N) is 3. The number of nitrogens with one attached hydrogen (secondary N) is 1. The number of aromatic nitrogens is 3. The number of halogens is 1. The van der Waals surface area contributed by atoms with Gasteiger partial charge in [-0.15, -0.1) is 0 Å². The van der Waals surface area contributed by atoms with E-state index in [0.29, 0.717) is 5.69 Å². The summed E-state index contributed by atoms with van der Waals surface area (Å²) in [7, 11) is 0. The molecule has 0 radical (unpaired) electrons. The molecule has 0 unspecified atom stereocenters. The average Bonchev–Trinajstić information content (AvgIpc) is 2.75. The van der Waals surface area contributed by atoms with Crippen LogP contribution in [-0.2, 0) is 4.79 Å². The second-order valence-electron chi connectivity index (χ2n) is 4.68. The van der Waals surface area contributed by atoms with Gasteiger partial charge in [0.05, 0.1) is 16.2 Å². The molecular weight excluding hydrogens is 308 g/mol. The summed E-state index contributed by atoms with van der Waals surface area (Å²) in [6.07, 6.45) is 5.20. The largest absolute Gasteiger partial charge is 0.324 e. The first-order valence-corrected chi connectivity index (χ1v) is 6.64. The van der Waals surface area contributed by atoms with E-state index in [4.69, 9.17) is 0 Å². The summed E-state index contributed by atoms with van der Waals surface area (Å²) in [5, 5.41) is 2.80. The molecule has 100 valence electrons. The summed E-state index contributed by atoms with van der Waals surface area (Å²) < 4.78 is 1.27. The first-order valence-electron chi connectivity index (χ1n) is 5.84. The molecule has 0 aliphatic heterocycles. The Balaban J connectivity index is 2.16. The minimum atomic E-state index is -0.605. The third kappa shape index (κ3) is 3.20. The van der Waals surface area contributed by atoms with E-state index in [2.05, 4.69) is 31.2 Å². The van der Waals surface area contributed by atoms with E-state index < -0.39 is 4.32 Å². The molecule has 2 aromatic heterocycles. The number of carbonyl (C=O) groups is 1. The molecule has 0 fully saturated rings. The molecule has 2 heterocycles. The van der Waals surface area contributed by atoms with E-state index in [9.17, 15) is 4.79 Å². The Kier molecular flexibility index (Phi) is 3.71. The van der Waals surface area contributed by atoms with Gasteiger partial charge in [-0.3, -0.25) is 9.36 Å². The molecule has 2 aromatic rings. The van der Waals surface area contributed by atoms with E-state index in [1.807, 2.05) is 29.8 Å². The van der Waals surface area contributed by atoms with E-state index in [1.165, 1.54) is 0 Å². The fourth-order valence-electron chi connectivity index (χ4n) is 1.50. The maximum atomic E-state index is 11.8. The van der Waals surface area contributed by atoms with E-state index in [1.54, 1.807) is 26.2 Å². The molecule has 1 amide bonds. The predicted octanol–water partition coefficient (Wildman–Crippen LogP) is 2.69. The summed E-state index contributed by atoms with van der Waals surface area (Å²) in [5.41, 5.74) is 0.666. The second kappa shape index (κ2) is 5.13. The highest BCUT2D eigenvalue weighted by molar-refractivity contribution is 9.10. The Morgan fingerprint density at radius 2 is 2.11 bits per heavy atom. The van der Waals surface area contributed by atoms with Crippen LogP contribution in [0, 0.1) is 6.92 Å². The second-order valence-corrected chi connectivity index (χ2v) is 6.66. The van der Waals surface area contributed by atoms with Gasteiger partial charge in [-0.2, -0.15) is 0 Å². The van der Waals surface area contributed by atoms with Crippen molar-refractivity contribution in [2.45, 2.75) is 25.1 Å². The molecule has 6 heteroatoms. The van der Waals surface area contributed by atoms with Crippen molar-refractivity contribution in [3.05, 3.63) is 36.5 Å². The highest BCUT2D eigenvalue weighted by atomic mass is 79.9. The molecule has 5 nitrogen and oxygen atoms in total. The number of rotatable bonds is 3. The van der Waals surface area contributed by atoms with Crippen molar-refractivity contribution in [1.82, 2.24) is 14.5 Å². The van der Waals surface area contributed by atoms with Crippen molar-refractivity contribution >= 4 is 27.5 Å². The maximum Gasteiger partial charge on any atom is 0.240 e. The molecule has 1 N–H and O–H groups in total. The molecule has 2 rings (SSSR count). The minimum Gasteiger partial charge on any atom is -0.324 e. The lowest BCUT2D eigenvalue weighted by molar-refractivity contribution is -0.117. The number of alkyl halides is 1. The van der Waals surface area contributed by atoms with Crippen molar-refractivity contribution in [2.24, 2.45) is 0 Å². The van der Waals surface area contributed by atoms with Crippen LogP contribution in [0.1, 0.15) is 19.7 Å². The number of hydrogen-bond donors (Lipinski definition) is 1. The zero-order valence-electron chi connectivity index (χ0n) is 11.0. The van der Waals surface area contributed by atoms with Gasteiger partial charge in [-0.05, 0) is 32.9 Å². The summed E-state index contributed by atoms with van der Waals surface area (Å²) in [5.74, 6) is 1.53. The molecule has 0 atom stereocenters. The van der Waals surface area contributed by atoms with E-state index in [0.717, 1.165) is 11.6 Å². The molecule has 19 heavy (non-hydrogen) atoms. The topological polar surface area (TPSA) is 59.8 Å². The normalized spacial score (nSPS) is 11.4. The van der Waals surface area contributed by atoms with Gasteiger partial charge in [-0.25, -0.2) is 9.97 Å². The molecule has 0 spiro atoms. The lowest BCUT2D eigenvalue weighted by Gasteiger charge is -2.15. The lowest BCUT2D eigenvalue weighted by atomic mass is 10.2. The smallest absolute Gasteiger partial charge is 0.240 e. The van der Waals surface area contributed by atoms with Gasteiger partial charge < -0.3 is 5.32 Å². The Labute approximate surface area is 120 Å². The van der Waals surface area contributed by atoms with Crippen molar-refractivity contribution < 1.29 is 4.79 Å². The van der Waals surface area contributed by atoms with Crippen LogP contribution >= 0.6 is 15.9 Å². The van der Waals surface area contributed by atoms with Crippen LogP contribution in [-0.4, -0.2) is 24.8 Å². The molecule has 0 saturated carbocycles. The summed E-state index contributed by atoms with van der Waals surface area (Å²) in [6.45, 7) is 5.49. The van der Waals surface area contributed by atoms with Crippen LogP contribution in [0.2, 0.25) is 0 Å². The molecule has 0 aliphatic rings. The van der Waals surface area contributed by atoms with Crippen LogP contribution in [0.15, 0.2) is 30.7 Å². The third-order valence-electron chi connectivity index (χ3n) is 2.62. The summed E-state index contributed by atoms with van der Waals surface area (Å²) >= 11 is 3.31. The standard InChI is InChI=1S/C13H15BrN4O/c1-9-15-6-7-18(9)11-5-4-10(8-16-11)17-12(19)13(2,3)14/h4-8H,1-3H3,(H,17,19). The zero-order valence-corrected chi connectivity index (χ0v) is 12.6. The van der Waals surface area contributed by atoms with Gasteiger partial charge in [0.15, 0.2) is 0 Å². The monoisotopic (exact) mass is 322 g/mol. The fourth-order valence-corrected chi connectivity index (χ4v) is 1.60. The predicted molar refractivity (Wildman–Crippen MR) is 77.7 cm³/mol. The number of amides is 1. The minimum absolute atomic E-state index is 0.110. The van der Waals surface area contributed by atoms with Gasteiger partial charge in [-0.1, -0.05) is 15.9 Å². The number of pyridine rings is 1. The first kappa shape index (κ1) is 13.7. The van der Waals surface area contributed by atoms with Crippen molar-refractivity contribution in [2.75, 3.05) is 5.32 Å². The van der Waals surface area contributed by atoms with Crippen LogP contribution in [0.25, 0.3) is 5.82 Å². The number of aryl methyl sites for hydroxylation is 1. The van der Waals surface area contributed by atoms with E-state index >= 15 is 0 Å². The summed E-state index contributed by atoms with van der Waals surface area (Å²) in [4.78, 5) is 20.3. The number of imidazole rings is 1. The van der Waals surface area contributed by atoms with Gasteiger partial charge in [0, 0.05) is 12.4 Å². The number of anilines is 1. The Hall–Kier alpha value is -1.69. The molecule has 0 saturated heterocycles. The van der Waals surface area contributed by atoms with Crippen molar-refractivity contribution in [1.29, 1.82) is 0 Å². The molecule has 0 aliphatic carbocycles. The van der Waals surface area contributed by atoms with Crippen LogP contribution in [0.3, 0.4) is 0 Å². The Morgan fingerprint density at radius 3 is 2.58 bits per heavy atom. The first-order chi connectivity index (χ1) is 8.88. The van der Waals surface area contributed by atoms with Crippen LogP contribution in [0.4, 0.5) is 5.69 Å².